The number of benzene rings is 1. The molecule has 1 amide bonds. The molecule has 0 spiro atoms. The first-order valence-corrected chi connectivity index (χ1v) is 8.03. The van der Waals surface area contributed by atoms with E-state index in [0.29, 0.717) is 43.1 Å². The molecule has 4 N–H and O–H groups in total. The van der Waals surface area contributed by atoms with Crippen molar-refractivity contribution >= 4 is 27.3 Å². The molecule has 0 radical (unpaired) electrons. The van der Waals surface area contributed by atoms with Gasteiger partial charge in [-0.2, -0.15) is 4.31 Å². The number of nitrogen functional groups attached to an aromatic ring is 1. The van der Waals surface area contributed by atoms with Gasteiger partial charge in [-0.3, -0.25) is 4.79 Å². The highest BCUT2D eigenvalue weighted by atomic mass is 32.2. The molecule has 2 rings (SSSR count). The Morgan fingerprint density at radius 3 is 2.30 bits per heavy atom. The van der Waals surface area contributed by atoms with Gasteiger partial charge >= 0.3 is 0 Å². The van der Waals surface area contributed by atoms with Gasteiger partial charge in [0.25, 0.3) is 5.91 Å². The molecule has 7 nitrogen and oxygen atoms in total. The molecular formula is C12H18N4O3S. The molecule has 1 heterocycles. The fourth-order valence-corrected chi connectivity index (χ4v) is 3.11. The van der Waals surface area contributed by atoms with Gasteiger partial charge in [-0.05, 0) is 18.2 Å². The number of carbonyl (C=O) groups excluding carboxylic acids is 1. The van der Waals surface area contributed by atoms with E-state index in [1.165, 1.54) is 10.6 Å². The second-order valence-corrected chi connectivity index (χ2v) is 6.77. The first-order valence-electron chi connectivity index (χ1n) is 6.18. The molecule has 0 saturated carbocycles. The third-order valence-corrected chi connectivity index (χ3v) is 4.64. The van der Waals surface area contributed by atoms with Crippen LogP contribution in [-0.4, -0.2) is 51.1 Å². The van der Waals surface area contributed by atoms with Crippen LogP contribution in [0.15, 0.2) is 18.2 Å². The number of nitrogens with two attached hydrogens (primary N) is 2. The van der Waals surface area contributed by atoms with E-state index in [9.17, 15) is 13.2 Å². The Morgan fingerprint density at radius 2 is 1.80 bits per heavy atom. The summed E-state index contributed by atoms with van der Waals surface area (Å²) in [5, 5.41) is 0. The number of anilines is 2. The maximum absolute atomic E-state index is 11.5. The van der Waals surface area contributed by atoms with E-state index in [4.69, 9.17) is 11.5 Å². The molecule has 20 heavy (non-hydrogen) atoms. The molecule has 0 aliphatic carbocycles. The minimum Gasteiger partial charge on any atom is -0.399 e. The molecule has 1 saturated heterocycles. The Balaban J connectivity index is 2.22. The Kier molecular flexibility index (Phi) is 3.87. The zero-order valence-corrected chi connectivity index (χ0v) is 12.1. The quantitative estimate of drug-likeness (QED) is 0.728. The normalized spacial score (nSPS) is 17.1. The van der Waals surface area contributed by atoms with Crippen LogP contribution in [0.3, 0.4) is 0 Å². The summed E-state index contributed by atoms with van der Waals surface area (Å²) in [6, 6.07) is 4.91. The van der Waals surface area contributed by atoms with E-state index in [1.54, 1.807) is 18.2 Å². The third kappa shape index (κ3) is 3.02. The highest BCUT2D eigenvalue weighted by molar-refractivity contribution is 7.88. The summed E-state index contributed by atoms with van der Waals surface area (Å²) in [6.07, 6.45) is 1.19. The Hall–Kier alpha value is -1.80. The molecule has 8 heteroatoms. The molecule has 0 atom stereocenters. The number of primary amides is 1. The number of amides is 1. The van der Waals surface area contributed by atoms with Crippen molar-refractivity contribution in [3.05, 3.63) is 23.8 Å². The zero-order valence-electron chi connectivity index (χ0n) is 11.2. The number of hydrogen-bond donors (Lipinski definition) is 2. The standard InChI is InChI=1S/C12H18N4O3S/c1-20(18,19)16-6-4-15(5-7-16)11-8-9(13)2-3-10(11)12(14)17/h2-3,8H,4-7,13H2,1H3,(H2,14,17). The fourth-order valence-electron chi connectivity index (χ4n) is 2.28. The van der Waals surface area contributed by atoms with Crippen molar-refractivity contribution in [2.75, 3.05) is 43.1 Å². The molecule has 1 aromatic rings. The van der Waals surface area contributed by atoms with Crippen LogP contribution in [-0.2, 0) is 10.0 Å². The summed E-state index contributed by atoms with van der Waals surface area (Å²) in [7, 11) is -3.18. The lowest BCUT2D eigenvalue weighted by molar-refractivity contribution is 0.100. The Bertz CT molecular complexity index is 622. The van der Waals surface area contributed by atoms with Crippen LogP contribution >= 0.6 is 0 Å². The van der Waals surface area contributed by atoms with Crippen LogP contribution < -0.4 is 16.4 Å². The summed E-state index contributed by atoms with van der Waals surface area (Å²) in [5.74, 6) is -0.523. The van der Waals surface area contributed by atoms with Gasteiger partial charge in [-0.15, -0.1) is 0 Å². The largest absolute Gasteiger partial charge is 0.399 e. The van der Waals surface area contributed by atoms with Crippen molar-refractivity contribution in [2.24, 2.45) is 5.73 Å². The second kappa shape index (κ2) is 5.29. The lowest BCUT2D eigenvalue weighted by Gasteiger charge is -2.35. The van der Waals surface area contributed by atoms with Gasteiger partial charge in [0, 0.05) is 31.9 Å². The fraction of sp³-hybridized carbons (Fsp3) is 0.417. The number of piperazine rings is 1. The molecular weight excluding hydrogens is 280 g/mol. The third-order valence-electron chi connectivity index (χ3n) is 3.34. The summed E-state index contributed by atoms with van der Waals surface area (Å²) in [4.78, 5) is 13.4. The van der Waals surface area contributed by atoms with E-state index >= 15 is 0 Å². The molecule has 0 bridgehead atoms. The molecule has 1 fully saturated rings. The average Bonchev–Trinajstić information content (AvgIpc) is 2.37. The van der Waals surface area contributed by atoms with Gasteiger partial charge in [-0.1, -0.05) is 0 Å². The minimum absolute atomic E-state index is 0.381. The molecule has 0 unspecified atom stereocenters. The highest BCUT2D eigenvalue weighted by Crippen LogP contribution is 2.25. The smallest absolute Gasteiger partial charge is 0.250 e. The van der Waals surface area contributed by atoms with Gasteiger partial charge in [0.1, 0.15) is 0 Å². The Morgan fingerprint density at radius 1 is 1.20 bits per heavy atom. The van der Waals surface area contributed by atoms with Gasteiger partial charge in [0.15, 0.2) is 0 Å². The van der Waals surface area contributed by atoms with Crippen LogP contribution in [0.4, 0.5) is 11.4 Å². The lowest BCUT2D eigenvalue weighted by Crippen LogP contribution is -2.48. The topological polar surface area (TPSA) is 110 Å². The van der Waals surface area contributed by atoms with E-state index in [2.05, 4.69) is 0 Å². The lowest BCUT2D eigenvalue weighted by atomic mass is 10.1. The number of rotatable bonds is 3. The Labute approximate surface area is 118 Å². The van der Waals surface area contributed by atoms with Crippen LogP contribution in [0, 0.1) is 0 Å². The molecule has 1 aliphatic rings. The highest BCUT2D eigenvalue weighted by Gasteiger charge is 2.25. The number of nitrogens with zero attached hydrogens (tertiary/aromatic N) is 2. The first-order chi connectivity index (χ1) is 9.29. The van der Waals surface area contributed by atoms with Crippen LogP contribution in [0.2, 0.25) is 0 Å². The van der Waals surface area contributed by atoms with Crippen molar-refractivity contribution in [1.29, 1.82) is 0 Å². The molecule has 1 aliphatic heterocycles. The van der Waals surface area contributed by atoms with Crippen molar-refractivity contribution in [3.63, 3.8) is 0 Å². The average molecular weight is 298 g/mol. The number of hydrogen-bond acceptors (Lipinski definition) is 5. The van der Waals surface area contributed by atoms with E-state index in [0.717, 1.165) is 0 Å². The van der Waals surface area contributed by atoms with Gasteiger partial charge in [0.2, 0.25) is 10.0 Å². The van der Waals surface area contributed by atoms with Crippen LogP contribution in [0.25, 0.3) is 0 Å². The van der Waals surface area contributed by atoms with E-state index in [1.807, 2.05) is 4.90 Å². The predicted molar refractivity (Wildman–Crippen MR) is 78.0 cm³/mol. The van der Waals surface area contributed by atoms with E-state index < -0.39 is 15.9 Å². The summed E-state index contributed by atoms with van der Waals surface area (Å²) in [6.45, 7) is 1.76. The SMILES string of the molecule is CS(=O)(=O)N1CCN(c2cc(N)ccc2C(N)=O)CC1. The number of sulfonamides is 1. The van der Waals surface area contributed by atoms with Gasteiger partial charge in [0.05, 0.1) is 17.5 Å². The van der Waals surface area contributed by atoms with Crippen molar-refractivity contribution in [2.45, 2.75) is 0 Å². The van der Waals surface area contributed by atoms with Crippen LogP contribution in [0.5, 0.6) is 0 Å². The molecule has 110 valence electrons. The predicted octanol–water partition coefficient (Wildman–Crippen LogP) is -0.551. The zero-order chi connectivity index (χ0) is 14.9. The van der Waals surface area contributed by atoms with Gasteiger partial charge in [-0.25, -0.2) is 8.42 Å². The maximum atomic E-state index is 11.5. The maximum Gasteiger partial charge on any atom is 0.250 e. The first kappa shape index (κ1) is 14.6. The summed E-state index contributed by atoms with van der Waals surface area (Å²) >= 11 is 0. The van der Waals surface area contributed by atoms with Crippen molar-refractivity contribution in [3.8, 4) is 0 Å². The van der Waals surface area contributed by atoms with Gasteiger partial charge < -0.3 is 16.4 Å². The summed E-state index contributed by atoms with van der Waals surface area (Å²) in [5.41, 5.74) is 12.7. The summed E-state index contributed by atoms with van der Waals surface area (Å²) < 4.78 is 24.4. The monoisotopic (exact) mass is 298 g/mol. The second-order valence-electron chi connectivity index (χ2n) is 4.79. The van der Waals surface area contributed by atoms with Crippen molar-refractivity contribution in [1.82, 2.24) is 4.31 Å². The molecule has 1 aromatic carbocycles. The van der Waals surface area contributed by atoms with Crippen LogP contribution in [0.1, 0.15) is 10.4 Å². The molecule has 0 aromatic heterocycles. The van der Waals surface area contributed by atoms with E-state index in [-0.39, 0.29) is 0 Å². The minimum atomic E-state index is -3.18. The van der Waals surface area contributed by atoms with Crippen molar-refractivity contribution < 1.29 is 13.2 Å². The number of carbonyl (C=O) groups is 1.